The molecular formula is C15H24N2O4. The Balaban J connectivity index is 1.90. The molecule has 0 N–H and O–H groups in total. The van der Waals surface area contributed by atoms with Gasteiger partial charge in [-0.1, -0.05) is 13.8 Å². The maximum atomic E-state index is 12.5. The van der Waals surface area contributed by atoms with E-state index in [-0.39, 0.29) is 29.6 Å². The van der Waals surface area contributed by atoms with Crippen LogP contribution in [0.25, 0.3) is 0 Å². The van der Waals surface area contributed by atoms with Gasteiger partial charge in [0.1, 0.15) is 0 Å². The van der Waals surface area contributed by atoms with Crippen molar-refractivity contribution < 1.29 is 19.1 Å². The van der Waals surface area contributed by atoms with Crippen LogP contribution in [0.15, 0.2) is 0 Å². The van der Waals surface area contributed by atoms with Crippen molar-refractivity contribution in [3.63, 3.8) is 0 Å². The van der Waals surface area contributed by atoms with E-state index in [1.165, 1.54) is 7.11 Å². The third-order valence-corrected chi connectivity index (χ3v) is 4.18. The number of likely N-dealkylation sites (tertiary alicyclic amines) is 2. The molecule has 0 aromatic rings. The van der Waals surface area contributed by atoms with Crippen LogP contribution in [0.4, 0.5) is 0 Å². The standard InChI is InChI=1S/C15H24N2O4/c1-10(2)7-17-9-12(6-13(17)18)14(19)16-5-4-11(8-16)15(20)21-3/h10-12H,4-9H2,1-3H3. The average Bonchev–Trinajstić information content (AvgIpc) is 3.04. The van der Waals surface area contributed by atoms with E-state index in [0.29, 0.717) is 44.9 Å². The minimum absolute atomic E-state index is 0.000934. The highest BCUT2D eigenvalue weighted by Crippen LogP contribution is 2.25. The van der Waals surface area contributed by atoms with Crippen molar-refractivity contribution in [3.05, 3.63) is 0 Å². The number of carbonyl (C=O) groups is 3. The summed E-state index contributed by atoms with van der Waals surface area (Å²) in [6.07, 6.45) is 0.944. The third kappa shape index (κ3) is 3.54. The van der Waals surface area contributed by atoms with E-state index >= 15 is 0 Å². The third-order valence-electron chi connectivity index (χ3n) is 4.18. The summed E-state index contributed by atoms with van der Waals surface area (Å²) in [6.45, 7) is 6.32. The summed E-state index contributed by atoms with van der Waals surface area (Å²) < 4.78 is 4.73. The lowest BCUT2D eigenvalue weighted by Crippen LogP contribution is -2.37. The Bertz CT molecular complexity index is 435. The van der Waals surface area contributed by atoms with Crippen molar-refractivity contribution in [3.8, 4) is 0 Å². The molecule has 2 amide bonds. The topological polar surface area (TPSA) is 66.9 Å². The van der Waals surface area contributed by atoms with Crippen molar-refractivity contribution in [2.45, 2.75) is 26.7 Å². The van der Waals surface area contributed by atoms with Crippen LogP contribution in [0.5, 0.6) is 0 Å². The molecule has 6 heteroatoms. The molecule has 118 valence electrons. The first kappa shape index (κ1) is 15.8. The van der Waals surface area contributed by atoms with Gasteiger partial charge >= 0.3 is 5.97 Å². The Morgan fingerprint density at radius 2 is 2.00 bits per heavy atom. The number of carbonyl (C=O) groups excluding carboxylic acids is 3. The smallest absolute Gasteiger partial charge is 0.310 e. The summed E-state index contributed by atoms with van der Waals surface area (Å²) in [6, 6.07) is 0. The van der Waals surface area contributed by atoms with Gasteiger partial charge in [-0.3, -0.25) is 14.4 Å². The molecule has 0 radical (unpaired) electrons. The van der Waals surface area contributed by atoms with Gasteiger partial charge in [0.05, 0.1) is 18.9 Å². The number of ether oxygens (including phenoxy) is 1. The predicted octanol–water partition coefficient (Wildman–Crippen LogP) is 0.512. The maximum absolute atomic E-state index is 12.5. The lowest BCUT2D eigenvalue weighted by molar-refractivity contribution is -0.145. The molecule has 0 aromatic heterocycles. The molecule has 2 atom stereocenters. The molecule has 21 heavy (non-hydrogen) atoms. The van der Waals surface area contributed by atoms with Crippen LogP contribution in [0.3, 0.4) is 0 Å². The van der Waals surface area contributed by atoms with E-state index < -0.39 is 0 Å². The molecule has 2 aliphatic heterocycles. The van der Waals surface area contributed by atoms with Gasteiger partial charge < -0.3 is 14.5 Å². The van der Waals surface area contributed by atoms with E-state index in [0.717, 1.165) is 0 Å². The first-order valence-electron chi connectivity index (χ1n) is 7.56. The van der Waals surface area contributed by atoms with Crippen LogP contribution >= 0.6 is 0 Å². The van der Waals surface area contributed by atoms with Crippen molar-refractivity contribution in [1.82, 2.24) is 9.80 Å². The molecule has 0 spiro atoms. The Hall–Kier alpha value is -1.59. The lowest BCUT2D eigenvalue weighted by atomic mass is 10.1. The van der Waals surface area contributed by atoms with Crippen molar-refractivity contribution in [1.29, 1.82) is 0 Å². The molecule has 2 rings (SSSR count). The van der Waals surface area contributed by atoms with Crippen LogP contribution in [0.1, 0.15) is 26.7 Å². The summed E-state index contributed by atoms with van der Waals surface area (Å²) in [5.74, 6) is -0.269. The van der Waals surface area contributed by atoms with Crippen molar-refractivity contribution >= 4 is 17.8 Å². The number of hydrogen-bond acceptors (Lipinski definition) is 4. The maximum Gasteiger partial charge on any atom is 0.310 e. The summed E-state index contributed by atoms with van der Waals surface area (Å²) in [7, 11) is 1.37. The van der Waals surface area contributed by atoms with Gasteiger partial charge in [-0.25, -0.2) is 0 Å². The number of amides is 2. The molecule has 2 aliphatic rings. The molecule has 2 unspecified atom stereocenters. The Kier molecular flexibility index (Phi) is 4.85. The minimum atomic E-state index is -0.257. The quantitative estimate of drug-likeness (QED) is 0.709. The highest BCUT2D eigenvalue weighted by atomic mass is 16.5. The number of esters is 1. The largest absolute Gasteiger partial charge is 0.469 e. The molecule has 0 saturated carbocycles. The summed E-state index contributed by atoms with van der Waals surface area (Å²) in [5.41, 5.74) is 0. The Morgan fingerprint density at radius 3 is 2.62 bits per heavy atom. The summed E-state index contributed by atoms with van der Waals surface area (Å²) in [4.78, 5) is 39.4. The molecule has 0 bridgehead atoms. The van der Waals surface area contributed by atoms with Crippen LogP contribution in [-0.4, -0.2) is 60.9 Å². The Labute approximate surface area is 125 Å². The fourth-order valence-electron chi connectivity index (χ4n) is 3.13. The van der Waals surface area contributed by atoms with E-state index in [1.807, 2.05) is 0 Å². The monoisotopic (exact) mass is 296 g/mol. The van der Waals surface area contributed by atoms with Gasteiger partial charge in [0.2, 0.25) is 11.8 Å². The predicted molar refractivity (Wildman–Crippen MR) is 76.2 cm³/mol. The molecule has 2 fully saturated rings. The zero-order chi connectivity index (χ0) is 15.6. The van der Waals surface area contributed by atoms with E-state index in [4.69, 9.17) is 4.74 Å². The zero-order valence-corrected chi connectivity index (χ0v) is 13.0. The van der Waals surface area contributed by atoms with E-state index in [9.17, 15) is 14.4 Å². The van der Waals surface area contributed by atoms with Crippen LogP contribution in [0.2, 0.25) is 0 Å². The molecule has 2 saturated heterocycles. The highest BCUT2D eigenvalue weighted by Gasteiger charge is 2.39. The summed E-state index contributed by atoms with van der Waals surface area (Å²) >= 11 is 0. The second-order valence-corrected chi connectivity index (χ2v) is 6.39. The summed E-state index contributed by atoms with van der Waals surface area (Å²) in [5, 5.41) is 0. The van der Waals surface area contributed by atoms with E-state index in [1.54, 1.807) is 9.80 Å². The van der Waals surface area contributed by atoms with Gasteiger partial charge in [-0.2, -0.15) is 0 Å². The first-order chi connectivity index (χ1) is 9.92. The van der Waals surface area contributed by atoms with Gasteiger partial charge in [0.25, 0.3) is 0 Å². The van der Waals surface area contributed by atoms with Crippen LogP contribution < -0.4 is 0 Å². The lowest BCUT2D eigenvalue weighted by Gasteiger charge is -2.21. The number of rotatable bonds is 4. The minimum Gasteiger partial charge on any atom is -0.469 e. The van der Waals surface area contributed by atoms with Gasteiger partial charge in [-0.15, -0.1) is 0 Å². The van der Waals surface area contributed by atoms with Crippen molar-refractivity contribution in [2.75, 3.05) is 33.3 Å². The molecule has 0 aliphatic carbocycles. The first-order valence-corrected chi connectivity index (χ1v) is 7.56. The van der Waals surface area contributed by atoms with Gasteiger partial charge in [0, 0.05) is 32.6 Å². The number of methoxy groups -OCH3 is 1. The van der Waals surface area contributed by atoms with Gasteiger partial charge in [0.15, 0.2) is 0 Å². The second kappa shape index (κ2) is 6.45. The SMILES string of the molecule is COC(=O)C1CCN(C(=O)C2CC(=O)N(CC(C)C)C2)C1. The molecule has 0 aromatic carbocycles. The highest BCUT2D eigenvalue weighted by molar-refractivity contribution is 5.89. The fourth-order valence-corrected chi connectivity index (χ4v) is 3.13. The molecular weight excluding hydrogens is 272 g/mol. The van der Waals surface area contributed by atoms with Crippen LogP contribution in [0, 0.1) is 17.8 Å². The van der Waals surface area contributed by atoms with Crippen LogP contribution in [-0.2, 0) is 19.1 Å². The van der Waals surface area contributed by atoms with Crippen molar-refractivity contribution in [2.24, 2.45) is 17.8 Å². The fraction of sp³-hybridized carbons (Fsp3) is 0.800. The number of hydrogen-bond donors (Lipinski definition) is 0. The van der Waals surface area contributed by atoms with Gasteiger partial charge in [-0.05, 0) is 12.3 Å². The molecule has 2 heterocycles. The normalized spacial score (nSPS) is 25.8. The number of nitrogens with zero attached hydrogens (tertiary/aromatic N) is 2. The molecule has 6 nitrogen and oxygen atoms in total. The second-order valence-electron chi connectivity index (χ2n) is 6.39. The Morgan fingerprint density at radius 1 is 1.29 bits per heavy atom. The average molecular weight is 296 g/mol. The zero-order valence-electron chi connectivity index (χ0n) is 13.0. The van der Waals surface area contributed by atoms with E-state index in [2.05, 4.69) is 13.8 Å².